The Bertz CT molecular complexity index is 686. The molecule has 6 heteroatoms. The minimum Gasteiger partial charge on any atom is -0.479 e. The van der Waals surface area contributed by atoms with Crippen molar-refractivity contribution in [2.75, 3.05) is 0 Å². The van der Waals surface area contributed by atoms with E-state index in [1.54, 1.807) is 0 Å². The van der Waals surface area contributed by atoms with Gasteiger partial charge in [0.25, 0.3) is 0 Å². The second kappa shape index (κ2) is 6.80. The van der Waals surface area contributed by atoms with E-state index in [0.717, 1.165) is 6.07 Å². The summed E-state index contributed by atoms with van der Waals surface area (Å²) >= 11 is 0. The molecule has 0 aliphatic carbocycles. The molecule has 0 unspecified atom stereocenters. The Kier molecular flexibility index (Phi) is 4.83. The van der Waals surface area contributed by atoms with E-state index in [9.17, 15) is 23.5 Å². The van der Waals surface area contributed by atoms with Crippen LogP contribution >= 0.6 is 0 Å². The summed E-state index contributed by atoms with van der Waals surface area (Å²) in [5, 5.41) is 11.4. The van der Waals surface area contributed by atoms with Gasteiger partial charge in [0.2, 0.25) is 5.91 Å². The van der Waals surface area contributed by atoms with Crippen LogP contribution in [0.4, 0.5) is 8.78 Å². The molecule has 22 heavy (non-hydrogen) atoms. The molecular formula is C16H13F2NO3. The summed E-state index contributed by atoms with van der Waals surface area (Å²) in [6, 6.07) is 9.11. The Morgan fingerprint density at radius 3 is 2.27 bits per heavy atom. The summed E-state index contributed by atoms with van der Waals surface area (Å²) in [6.45, 7) is 0. The van der Waals surface area contributed by atoms with Crippen LogP contribution in [0, 0.1) is 11.6 Å². The van der Waals surface area contributed by atoms with Crippen LogP contribution in [0.3, 0.4) is 0 Å². The minimum atomic E-state index is -1.48. The molecule has 0 spiro atoms. The van der Waals surface area contributed by atoms with Crippen LogP contribution in [0.2, 0.25) is 0 Å². The van der Waals surface area contributed by atoms with Gasteiger partial charge in [0.1, 0.15) is 11.6 Å². The van der Waals surface area contributed by atoms with Crippen molar-refractivity contribution in [2.24, 2.45) is 0 Å². The summed E-state index contributed by atoms with van der Waals surface area (Å²) < 4.78 is 26.5. The molecule has 2 N–H and O–H groups in total. The lowest BCUT2D eigenvalue weighted by molar-refractivity contribution is -0.142. The van der Waals surface area contributed by atoms with Crippen LogP contribution in [-0.2, 0) is 16.0 Å². The lowest BCUT2D eigenvalue weighted by Gasteiger charge is -2.15. The van der Waals surface area contributed by atoms with E-state index in [4.69, 9.17) is 0 Å². The van der Waals surface area contributed by atoms with Gasteiger partial charge in [0.15, 0.2) is 6.04 Å². The largest absolute Gasteiger partial charge is 0.479 e. The molecule has 0 saturated heterocycles. The molecule has 0 aromatic heterocycles. The number of hydrogen-bond donors (Lipinski definition) is 2. The van der Waals surface area contributed by atoms with E-state index in [1.807, 2.05) is 0 Å². The molecule has 0 aliphatic rings. The highest BCUT2D eigenvalue weighted by atomic mass is 19.1. The van der Waals surface area contributed by atoms with Gasteiger partial charge in [-0.05, 0) is 23.8 Å². The van der Waals surface area contributed by atoms with E-state index in [0.29, 0.717) is 5.56 Å². The third-order valence-corrected chi connectivity index (χ3v) is 3.05. The Morgan fingerprint density at radius 2 is 1.68 bits per heavy atom. The van der Waals surface area contributed by atoms with E-state index >= 15 is 0 Å². The number of carbonyl (C=O) groups excluding carboxylic acids is 1. The SMILES string of the molecule is O=C(Cc1ccc(F)cc1)N[C@@H](C(=O)O)c1ccccc1F. The second-order valence-corrected chi connectivity index (χ2v) is 4.66. The zero-order chi connectivity index (χ0) is 16.1. The predicted molar refractivity (Wildman–Crippen MR) is 75.0 cm³/mol. The first kappa shape index (κ1) is 15.6. The average molecular weight is 305 g/mol. The molecule has 0 fully saturated rings. The molecule has 114 valence electrons. The van der Waals surface area contributed by atoms with E-state index in [1.165, 1.54) is 42.5 Å². The first-order valence-electron chi connectivity index (χ1n) is 6.48. The van der Waals surface area contributed by atoms with Crippen molar-refractivity contribution in [2.45, 2.75) is 12.5 Å². The molecule has 0 aliphatic heterocycles. The Labute approximate surface area is 125 Å². The van der Waals surface area contributed by atoms with Crippen LogP contribution in [0.5, 0.6) is 0 Å². The fourth-order valence-electron chi connectivity index (χ4n) is 1.98. The lowest BCUT2D eigenvalue weighted by Crippen LogP contribution is -2.35. The smallest absolute Gasteiger partial charge is 0.331 e. The van der Waals surface area contributed by atoms with Gasteiger partial charge >= 0.3 is 5.97 Å². The number of carbonyl (C=O) groups is 2. The summed E-state index contributed by atoms with van der Waals surface area (Å²) in [7, 11) is 0. The Balaban J connectivity index is 2.11. The van der Waals surface area contributed by atoms with Crippen LogP contribution in [-0.4, -0.2) is 17.0 Å². The van der Waals surface area contributed by atoms with Gasteiger partial charge in [-0.25, -0.2) is 13.6 Å². The molecule has 0 bridgehead atoms. The van der Waals surface area contributed by atoms with Crippen molar-refractivity contribution >= 4 is 11.9 Å². The Morgan fingerprint density at radius 1 is 1.05 bits per heavy atom. The number of carboxylic acid groups (broad SMARTS) is 1. The van der Waals surface area contributed by atoms with Crippen molar-refractivity contribution in [3.05, 3.63) is 71.3 Å². The number of halogens is 2. The topological polar surface area (TPSA) is 66.4 Å². The molecule has 0 radical (unpaired) electrons. The van der Waals surface area contributed by atoms with E-state index < -0.39 is 29.6 Å². The fourth-order valence-corrected chi connectivity index (χ4v) is 1.98. The maximum Gasteiger partial charge on any atom is 0.331 e. The van der Waals surface area contributed by atoms with Gasteiger partial charge in [-0.15, -0.1) is 0 Å². The summed E-state index contributed by atoms with van der Waals surface area (Å²) in [4.78, 5) is 23.2. The monoisotopic (exact) mass is 305 g/mol. The first-order chi connectivity index (χ1) is 10.5. The van der Waals surface area contributed by atoms with Gasteiger partial charge in [-0.1, -0.05) is 30.3 Å². The lowest BCUT2D eigenvalue weighted by atomic mass is 10.1. The highest BCUT2D eigenvalue weighted by molar-refractivity contribution is 5.85. The number of carboxylic acids is 1. The third-order valence-electron chi connectivity index (χ3n) is 3.05. The number of benzene rings is 2. The molecule has 4 nitrogen and oxygen atoms in total. The van der Waals surface area contributed by atoms with E-state index in [-0.39, 0.29) is 12.0 Å². The summed E-state index contributed by atoms with van der Waals surface area (Å²) in [5.74, 6) is -3.10. The van der Waals surface area contributed by atoms with Crippen molar-refractivity contribution in [3.63, 3.8) is 0 Å². The standard InChI is InChI=1S/C16H13F2NO3/c17-11-7-5-10(6-8-11)9-14(20)19-15(16(21)22)12-3-1-2-4-13(12)18/h1-8,15H,9H2,(H,19,20)(H,21,22)/t15-/m1/s1. The molecule has 2 aromatic carbocycles. The van der Waals surface area contributed by atoms with Crippen molar-refractivity contribution in [3.8, 4) is 0 Å². The predicted octanol–water partition coefficient (Wildman–Crippen LogP) is 2.45. The third kappa shape index (κ3) is 3.88. The quantitative estimate of drug-likeness (QED) is 0.891. The molecular weight excluding hydrogens is 292 g/mol. The molecule has 0 heterocycles. The fraction of sp³-hybridized carbons (Fsp3) is 0.125. The van der Waals surface area contributed by atoms with Gasteiger partial charge in [0, 0.05) is 5.56 Å². The van der Waals surface area contributed by atoms with Crippen molar-refractivity contribution in [1.29, 1.82) is 0 Å². The van der Waals surface area contributed by atoms with E-state index in [2.05, 4.69) is 5.32 Å². The zero-order valence-corrected chi connectivity index (χ0v) is 11.4. The number of rotatable bonds is 5. The molecule has 2 rings (SSSR count). The van der Waals surface area contributed by atoms with Gasteiger partial charge < -0.3 is 10.4 Å². The molecule has 1 atom stereocenters. The summed E-state index contributed by atoms with van der Waals surface area (Å²) in [6.07, 6.45) is -0.126. The van der Waals surface area contributed by atoms with Gasteiger partial charge in [-0.2, -0.15) is 0 Å². The van der Waals surface area contributed by atoms with Crippen LogP contribution < -0.4 is 5.32 Å². The highest BCUT2D eigenvalue weighted by Crippen LogP contribution is 2.17. The van der Waals surface area contributed by atoms with Crippen LogP contribution in [0.1, 0.15) is 17.2 Å². The maximum atomic E-state index is 13.7. The maximum absolute atomic E-state index is 13.7. The van der Waals surface area contributed by atoms with Gasteiger partial charge in [-0.3, -0.25) is 4.79 Å². The average Bonchev–Trinajstić information content (AvgIpc) is 2.48. The Hall–Kier alpha value is -2.76. The highest BCUT2D eigenvalue weighted by Gasteiger charge is 2.24. The van der Waals surface area contributed by atoms with Crippen molar-refractivity contribution < 1.29 is 23.5 Å². The molecule has 1 amide bonds. The number of nitrogens with one attached hydrogen (secondary N) is 1. The second-order valence-electron chi connectivity index (χ2n) is 4.66. The zero-order valence-electron chi connectivity index (χ0n) is 11.4. The van der Waals surface area contributed by atoms with Crippen LogP contribution in [0.15, 0.2) is 48.5 Å². The molecule has 0 saturated carbocycles. The minimum absolute atomic E-state index is 0.123. The number of aliphatic carboxylic acids is 1. The van der Waals surface area contributed by atoms with Crippen LogP contribution in [0.25, 0.3) is 0 Å². The molecule has 2 aromatic rings. The van der Waals surface area contributed by atoms with Gasteiger partial charge in [0.05, 0.1) is 6.42 Å². The number of hydrogen-bond acceptors (Lipinski definition) is 2. The van der Waals surface area contributed by atoms with Crippen molar-refractivity contribution in [1.82, 2.24) is 5.32 Å². The summed E-state index contributed by atoms with van der Waals surface area (Å²) in [5.41, 5.74) is 0.402. The number of amides is 1. The normalized spacial score (nSPS) is 11.7. The first-order valence-corrected chi connectivity index (χ1v) is 6.48.